The van der Waals surface area contributed by atoms with Crippen LogP contribution in [-0.2, 0) is 22.4 Å². The van der Waals surface area contributed by atoms with Crippen LogP contribution in [0.1, 0.15) is 0 Å². The van der Waals surface area contributed by atoms with Crippen molar-refractivity contribution in [2.24, 2.45) is 0 Å². The van der Waals surface area contributed by atoms with Gasteiger partial charge < -0.3 is 15.0 Å². The third-order valence-corrected chi connectivity index (χ3v) is 0. The van der Waals surface area contributed by atoms with Crippen molar-refractivity contribution in [1.82, 2.24) is 0 Å². The van der Waals surface area contributed by atoms with E-state index >= 15 is 0 Å². The van der Waals surface area contributed by atoms with Gasteiger partial charge in [0, 0.05) is 0 Å². The molecule has 0 N–H and O–H groups in total. The molecular weight excluding hydrogens is 375 g/mol. The predicted molar refractivity (Wildman–Crippen MR) is 11.1 cm³/mol. The molecule has 36 valence electrons. The van der Waals surface area contributed by atoms with Gasteiger partial charge in [0.25, 0.3) is 0 Å². The Morgan fingerprint density at radius 3 is 1.33 bits per heavy atom. The molecule has 0 aromatic heterocycles. The predicted octanol–water partition coefficient (Wildman–Crippen LogP) is -2.83. The largest absolute Gasteiger partial charge is 2.00 e. The van der Waals surface area contributed by atoms with Crippen molar-refractivity contribution in [1.29, 1.82) is 0 Å². The van der Waals surface area contributed by atoms with Gasteiger partial charge in [-0.05, 0) is 6.16 Å². The van der Waals surface area contributed by atoms with Crippen molar-refractivity contribution in [2.75, 3.05) is 0 Å². The van der Waals surface area contributed by atoms with Crippen LogP contribution in [0.25, 0.3) is 0 Å². The van der Waals surface area contributed by atoms with E-state index in [4.69, 9.17) is 15.0 Å². The minimum atomic E-state index is -2.33. The molecule has 0 aliphatic rings. The minimum absolute atomic E-state index is 0. The molecule has 0 aliphatic carbocycles. The zero-order valence-electron chi connectivity index (χ0n) is 2.53. The summed E-state index contributed by atoms with van der Waals surface area (Å²) in [4.78, 5) is 8.33. The first-order valence-electron chi connectivity index (χ1n) is 0.612. The summed E-state index contributed by atoms with van der Waals surface area (Å²) in [7, 11) is 0. The first kappa shape index (κ1) is 15.8. The molecule has 0 fully saturated rings. The van der Waals surface area contributed by atoms with Crippen LogP contribution in [0.5, 0.6) is 0 Å². The average molecular weight is 375 g/mol. The molecule has 0 rings (SSSR count). The first-order valence-corrected chi connectivity index (χ1v) is 0.612. The summed E-state index contributed by atoms with van der Waals surface area (Å²) in [6, 6.07) is 0. The Balaban J connectivity index is -0.0000000450. The fourth-order valence-electron chi connectivity index (χ4n) is 0. The molecular formula is CAgO3Pb+. The summed E-state index contributed by atoms with van der Waals surface area (Å²) in [6.45, 7) is 0. The average Bonchev–Trinajstić information content (AvgIpc) is 0.811. The molecule has 6 heavy (non-hydrogen) atoms. The summed E-state index contributed by atoms with van der Waals surface area (Å²) in [6.07, 6.45) is -2.33. The zero-order chi connectivity index (χ0) is 3.58. The maximum atomic E-state index is 8.33. The van der Waals surface area contributed by atoms with Crippen LogP contribution in [0.2, 0.25) is 0 Å². The number of hydrogen-bond acceptors (Lipinski definition) is 3. The number of hydrogen-bond donors (Lipinski definition) is 0. The van der Waals surface area contributed by atoms with E-state index in [1.54, 1.807) is 0 Å². The molecule has 0 saturated carbocycles. The fourth-order valence-corrected chi connectivity index (χ4v) is 0. The van der Waals surface area contributed by atoms with Crippen LogP contribution in [-0.4, -0.2) is 33.5 Å². The van der Waals surface area contributed by atoms with Crippen molar-refractivity contribution in [3.63, 3.8) is 0 Å². The van der Waals surface area contributed by atoms with E-state index in [0.717, 1.165) is 0 Å². The Hall–Kier alpha value is 0.932. The molecule has 5 heteroatoms. The Bertz CT molecular complexity index is 33.8. The molecule has 3 nitrogen and oxygen atoms in total. The van der Waals surface area contributed by atoms with Gasteiger partial charge in [-0.15, -0.1) is 0 Å². The summed E-state index contributed by atoms with van der Waals surface area (Å²) in [5.74, 6) is 0. The Kier molecular flexibility index (Phi) is 24.5. The van der Waals surface area contributed by atoms with Gasteiger partial charge in [0.1, 0.15) is 0 Å². The van der Waals surface area contributed by atoms with E-state index in [1.807, 2.05) is 0 Å². The standard InChI is InChI=1S/CH2O3.Ag.Pb/c2-1(3)4;;/h(H2,2,3,4);;/q;+1;+2/p-2. The third kappa shape index (κ3) is 87.7. The molecule has 0 aromatic rings. The third-order valence-electron chi connectivity index (χ3n) is 0. The van der Waals surface area contributed by atoms with Crippen LogP contribution in [0.15, 0.2) is 0 Å². The Morgan fingerprint density at radius 1 is 1.33 bits per heavy atom. The van der Waals surface area contributed by atoms with E-state index < -0.39 is 6.16 Å². The number of rotatable bonds is 0. The maximum absolute atomic E-state index is 8.33. The van der Waals surface area contributed by atoms with E-state index in [9.17, 15) is 0 Å². The molecule has 2 radical (unpaired) electrons. The first-order chi connectivity index (χ1) is 1.73. The van der Waals surface area contributed by atoms with Crippen LogP contribution in [0.4, 0.5) is 4.79 Å². The second-order valence-corrected chi connectivity index (χ2v) is 0.250. The van der Waals surface area contributed by atoms with Crippen molar-refractivity contribution in [3.05, 3.63) is 0 Å². The van der Waals surface area contributed by atoms with Crippen molar-refractivity contribution >= 4 is 33.5 Å². The summed E-state index contributed by atoms with van der Waals surface area (Å²) >= 11 is 0. The molecule has 0 bridgehead atoms. The van der Waals surface area contributed by atoms with Gasteiger partial charge in [0.15, 0.2) is 0 Å². The van der Waals surface area contributed by atoms with Gasteiger partial charge in [-0.3, -0.25) is 0 Å². The van der Waals surface area contributed by atoms with E-state index in [1.165, 1.54) is 0 Å². The van der Waals surface area contributed by atoms with Gasteiger partial charge in [-0.1, -0.05) is 0 Å². The second-order valence-electron chi connectivity index (χ2n) is 0.250. The molecule has 0 heterocycles. The van der Waals surface area contributed by atoms with Gasteiger partial charge in [0.05, 0.1) is 0 Å². The van der Waals surface area contributed by atoms with Crippen molar-refractivity contribution in [2.45, 2.75) is 0 Å². The van der Waals surface area contributed by atoms with Gasteiger partial charge in [-0.25, -0.2) is 0 Å². The van der Waals surface area contributed by atoms with Gasteiger partial charge in [0.2, 0.25) is 0 Å². The molecule has 0 amide bonds. The SMILES string of the molecule is O=C([O-])[O-].[Ag+].[Pb+2]. The minimum Gasteiger partial charge on any atom is -0.652 e. The van der Waals surface area contributed by atoms with Crippen LogP contribution >= 0.6 is 0 Å². The van der Waals surface area contributed by atoms with Crippen LogP contribution < -0.4 is 10.2 Å². The van der Waals surface area contributed by atoms with Gasteiger partial charge in [-0.2, -0.15) is 0 Å². The van der Waals surface area contributed by atoms with Crippen LogP contribution in [0.3, 0.4) is 0 Å². The van der Waals surface area contributed by atoms with E-state index in [-0.39, 0.29) is 49.7 Å². The molecule has 0 aromatic carbocycles. The van der Waals surface area contributed by atoms with Crippen molar-refractivity contribution in [3.8, 4) is 0 Å². The zero-order valence-corrected chi connectivity index (χ0v) is 7.90. The maximum Gasteiger partial charge on any atom is 2.00 e. The topological polar surface area (TPSA) is 63.2 Å². The normalized spacial score (nSPS) is 4.00. The summed E-state index contributed by atoms with van der Waals surface area (Å²) in [5, 5.41) is 16.7. The number of carbonyl (C=O) groups excluding carboxylic acids is 1. The fraction of sp³-hybridized carbons (Fsp3) is 0. The molecule has 0 spiro atoms. The van der Waals surface area contributed by atoms with E-state index in [2.05, 4.69) is 0 Å². The molecule has 0 aliphatic heterocycles. The Labute approximate surface area is 70.4 Å². The molecule has 0 saturated heterocycles. The smallest absolute Gasteiger partial charge is 0.652 e. The number of carboxylic acid groups (broad SMARTS) is 2. The van der Waals surface area contributed by atoms with Crippen LogP contribution in [0, 0.1) is 0 Å². The van der Waals surface area contributed by atoms with Crippen molar-refractivity contribution < 1.29 is 37.4 Å². The number of carbonyl (C=O) groups is 1. The quantitative estimate of drug-likeness (QED) is 0.429. The Morgan fingerprint density at radius 2 is 1.33 bits per heavy atom. The van der Waals surface area contributed by atoms with Gasteiger partial charge >= 0.3 is 49.7 Å². The molecule has 0 atom stereocenters. The monoisotopic (exact) mass is 375 g/mol. The second kappa shape index (κ2) is 9.33. The summed E-state index contributed by atoms with van der Waals surface area (Å²) in [5.41, 5.74) is 0. The van der Waals surface area contributed by atoms with E-state index in [0.29, 0.717) is 0 Å². The molecule has 0 unspecified atom stereocenters. The summed E-state index contributed by atoms with van der Waals surface area (Å²) < 4.78 is 0.